The SMILES string of the molecule is N#Cc1c(-c2ccccc2)c(C#N)c(-n2c3c(ccc4c3sc3cccc(-c5ccccc5)c34)c3ccc4c(sc5cccc(-c6ccccc6)c54)c32)c(-c2ccccc2)c1-n1c2ccccc2c2c(-c3cccc4c3oc3ccccc34)cccc21. The maximum atomic E-state index is 12.6. The van der Waals surface area contributed by atoms with Crippen LogP contribution < -0.4 is 0 Å². The second-order valence-corrected chi connectivity index (χ2v) is 24.4. The molecule has 402 valence electrons. The van der Waals surface area contributed by atoms with E-state index in [9.17, 15) is 10.5 Å². The first kappa shape index (κ1) is 49.1. The fourth-order valence-corrected chi connectivity index (χ4v) is 16.8. The lowest BCUT2D eigenvalue weighted by Gasteiger charge is -2.25. The summed E-state index contributed by atoms with van der Waals surface area (Å²) < 4.78 is 16.1. The number of thiophene rings is 2. The third-order valence-electron chi connectivity index (χ3n) is 17.8. The third-order valence-corrected chi connectivity index (χ3v) is 20.2. The van der Waals surface area contributed by atoms with Gasteiger partial charge in [0.05, 0.1) is 54.0 Å². The van der Waals surface area contributed by atoms with Gasteiger partial charge >= 0.3 is 0 Å². The highest BCUT2D eigenvalue weighted by Gasteiger charge is 2.34. The number of para-hydroxylation sites is 3. The lowest BCUT2D eigenvalue weighted by Crippen LogP contribution is -2.11. The Morgan fingerprint density at radius 2 is 0.747 bits per heavy atom. The number of aromatic nitrogens is 2. The van der Waals surface area contributed by atoms with Crippen molar-refractivity contribution >= 4 is 129 Å². The van der Waals surface area contributed by atoms with Crippen molar-refractivity contribution in [3.05, 3.63) is 278 Å². The molecule has 0 unspecified atom stereocenters. The molecule has 5 aromatic heterocycles. The van der Waals surface area contributed by atoms with Crippen LogP contribution in [0.3, 0.4) is 0 Å². The Hall–Kier alpha value is -11.3. The normalized spacial score (nSPS) is 11.9. The van der Waals surface area contributed by atoms with Gasteiger partial charge < -0.3 is 13.6 Å². The Bertz CT molecular complexity index is 5840. The number of hydrogen-bond donors (Lipinski definition) is 0. The summed E-state index contributed by atoms with van der Waals surface area (Å²) in [6.45, 7) is 0. The Kier molecular flexibility index (Phi) is 10.8. The quantitative estimate of drug-likeness (QED) is 0.160. The average molecular weight is 1140 g/mol. The van der Waals surface area contributed by atoms with Crippen molar-refractivity contribution in [1.29, 1.82) is 10.5 Å². The average Bonchev–Trinajstić information content (AvgIpc) is 3.45. The number of hydrogen-bond acceptors (Lipinski definition) is 5. The van der Waals surface area contributed by atoms with Gasteiger partial charge in [-0.15, -0.1) is 22.7 Å². The van der Waals surface area contributed by atoms with Crippen LogP contribution in [0.4, 0.5) is 0 Å². The molecule has 5 heterocycles. The fraction of sp³-hybridized carbons (Fsp3) is 0. The largest absolute Gasteiger partial charge is 0.455 e. The molecule has 13 aromatic carbocycles. The van der Waals surface area contributed by atoms with Crippen molar-refractivity contribution in [2.45, 2.75) is 0 Å². The molecule has 0 bridgehead atoms. The van der Waals surface area contributed by atoms with E-state index in [-0.39, 0.29) is 0 Å². The zero-order valence-corrected chi connectivity index (χ0v) is 48.1. The highest BCUT2D eigenvalue weighted by molar-refractivity contribution is 7.27. The maximum absolute atomic E-state index is 12.6. The number of benzene rings is 13. The van der Waals surface area contributed by atoms with E-state index in [1.165, 1.54) is 31.3 Å². The predicted molar refractivity (Wildman–Crippen MR) is 365 cm³/mol. The first-order chi connectivity index (χ1) is 43.1. The van der Waals surface area contributed by atoms with Crippen LogP contribution >= 0.6 is 22.7 Å². The number of nitrogens with zero attached hydrogens (tertiary/aromatic N) is 4. The number of fused-ring (bicyclic) bond motifs is 17. The van der Waals surface area contributed by atoms with E-state index in [1.807, 2.05) is 48.5 Å². The summed E-state index contributed by atoms with van der Waals surface area (Å²) >= 11 is 3.60. The summed E-state index contributed by atoms with van der Waals surface area (Å²) in [6, 6.07) is 100.0. The smallest absolute Gasteiger partial charge is 0.143 e. The third kappa shape index (κ3) is 7.04. The fourth-order valence-electron chi connectivity index (χ4n) is 14.3. The van der Waals surface area contributed by atoms with E-state index in [0.29, 0.717) is 28.1 Å². The molecule has 0 radical (unpaired) electrons. The van der Waals surface area contributed by atoms with Crippen LogP contribution in [0.15, 0.2) is 271 Å². The molecule has 0 aliphatic carbocycles. The van der Waals surface area contributed by atoms with Crippen LogP contribution in [0.2, 0.25) is 0 Å². The predicted octanol–water partition coefficient (Wildman–Crippen LogP) is 22.6. The molecule has 0 amide bonds. The van der Waals surface area contributed by atoms with Crippen molar-refractivity contribution in [2.24, 2.45) is 0 Å². The molecule has 18 aromatic rings. The van der Waals surface area contributed by atoms with Crippen molar-refractivity contribution in [3.8, 4) is 79.1 Å². The number of furan rings is 1. The molecule has 0 aliphatic heterocycles. The molecule has 7 heteroatoms. The standard InChI is InChI=1S/C80H44N4OS2/c81-45-62-69(49-25-9-3-10-26-49)63(46-82)75(70(50-27-11-4-12-28-50)74(62)83-64-36-15-13-30-59(64)71-54(33-18-37-65(71)83)58-35-17-34-57-53-29-14-16-38-66(53)85-78(57)58)84-76-55(41-43-60-72-51(47-21-5-1-6-22-47)31-19-39-67(72)86-79(60)76)56-42-44-61-73-52(48-23-7-2-8-24-48)32-20-40-68(73)87-80(61)77(56)84/h1-44H. The summed E-state index contributed by atoms with van der Waals surface area (Å²) in [5, 5.41) is 35.9. The van der Waals surface area contributed by atoms with Crippen LogP contribution in [0, 0.1) is 22.7 Å². The Labute approximate surface area is 506 Å². The van der Waals surface area contributed by atoms with Crippen molar-refractivity contribution in [3.63, 3.8) is 0 Å². The molecule has 87 heavy (non-hydrogen) atoms. The van der Waals surface area contributed by atoms with Gasteiger partial charge in [-0.3, -0.25) is 0 Å². The molecular weight excluding hydrogens is 1100 g/mol. The summed E-state index contributed by atoms with van der Waals surface area (Å²) in [5.74, 6) is 0. The lowest BCUT2D eigenvalue weighted by atomic mass is 9.86. The molecule has 18 rings (SSSR count). The summed E-state index contributed by atoms with van der Waals surface area (Å²) in [4.78, 5) is 0. The second-order valence-electron chi connectivity index (χ2n) is 22.3. The highest BCUT2D eigenvalue weighted by atomic mass is 32.1. The minimum Gasteiger partial charge on any atom is -0.455 e. The van der Waals surface area contributed by atoms with E-state index < -0.39 is 0 Å². The minimum absolute atomic E-state index is 0.396. The van der Waals surface area contributed by atoms with Gasteiger partial charge in [0.2, 0.25) is 0 Å². The van der Waals surface area contributed by atoms with Gasteiger partial charge in [0.1, 0.15) is 23.3 Å². The van der Waals surface area contributed by atoms with Crippen molar-refractivity contribution in [1.82, 2.24) is 9.13 Å². The van der Waals surface area contributed by atoms with Crippen molar-refractivity contribution < 1.29 is 4.42 Å². The highest BCUT2D eigenvalue weighted by Crippen LogP contribution is 2.54. The van der Waals surface area contributed by atoms with Gasteiger partial charge in [-0.05, 0) is 69.3 Å². The summed E-state index contributed by atoms with van der Waals surface area (Å²) in [6.07, 6.45) is 0. The van der Waals surface area contributed by atoms with Gasteiger partial charge in [0.25, 0.3) is 0 Å². The molecule has 0 saturated heterocycles. The van der Waals surface area contributed by atoms with Crippen molar-refractivity contribution in [2.75, 3.05) is 0 Å². The van der Waals surface area contributed by atoms with Gasteiger partial charge in [-0.1, -0.05) is 237 Å². The van der Waals surface area contributed by atoms with E-state index >= 15 is 0 Å². The number of rotatable bonds is 7. The van der Waals surface area contributed by atoms with Crippen LogP contribution in [-0.4, -0.2) is 9.13 Å². The van der Waals surface area contributed by atoms with E-state index in [1.54, 1.807) is 22.7 Å². The molecule has 0 fully saturated rings. The molecular formula is C80H44N4OS2. The first-order valence-corrected chi connectivity index (χ1v) is 30.7. The van der Waals surface area contributed by atoms with E-state index in [2.05, 4.69) is 240 Å². The zero-order chi connectivity index (χ0) is 57.4. The topological polar surface area (TPSA) is 70.6 Å². The molecule has 0 N–H and O–H groups in total. The van der Waals surface area contributed by atoms with Crippen LogP contribution in [-0.2, 0) is 0 Å². The Morgan fingerprint density at radius 1 is 0.310 bits per heavy atom. The minimum atomic E-state index is 0.396. The molecule has 0 saturated carbocycles. The molecule has 5 nitrogen and oxygen atoms in total. The van der Waals surface area contributed by atoms with Gasteiger partial charge in [-0.25, -0.2) is 0 Å². The van der Waals surface area contributed by atoms with Gasteiger partial charge in [0, 0.05) is 80.0 Å². The van der Waals surface area contributed by atoms with Crippen LogP contribution in [0.5, 0.6) is 0 Å². The zero-order valence-electron chi connectivity index (χ0n) is 46.4. The van der Waals surface area contributed by atoms with Gasteiger partial charge in [0.15, 0.2) is 0 Å². The van der Waals surface area contributed by atoms with Crippen LogP contribution in [0.1, 0.15) is 11.1 Å². The van der Waals surface area contributed by atoms with E-state index in [0.717, 1.165) is 125 Å². The first-order valence-electron chi connectivity index (χ1n) is 29.1. The lowest BCUT2D eigenvalue weighted by molar-refractivity contribution is 0.670. The van der Waals surface area contributed by atoms with Crippen LogP contribution in [0.25, 0.3) is 173 Å². The second kappa shape index (κ2) is 19.1. The van der Waals surface area contributed by atoms with E-state index in [4.69, 9.17) is 4.42 Å². The summed E-state index contributed by atoms with van der Waals surface area (Å²) in [5.41, 5.74) is 17.2. The molecule has 0 spiro atoms. The maximum Gasteiger partial charge on any atom is 0.143 e. The Balaban J connectivity index is 1.08. The van der Waals surface area contributed by atoms with Gasteiger partial charge in [-0.2, -0.15) is 10.5 Å². The molecule has 0 aliphatic rings. The molecule has 0 atom stereocenters. The monoisotopic (exact) mass is 1140 g/mol. The summed E-state index contributed by atoms with van der Waals surface area (Å²) in [7, 11) is 0. The number of nitriles is 2. The Morgan fingerprint density at radius 3 is 1.33 bits per heavy atom.